The number of hydrogen-bond donors (Lipinski definition) is 2. The van der Waals surface area contributed by atoms with Crippen molar-refractivity contribution in [2.45, 2.75) is 19.3 Å². The minimum Gasteiger partial charge on any atom is -0.507 e. The van der Waals surface area contributed by atoms with E-state index >= 15 is 0 Å². The summed E-state index contributed by atoms with van der Waals surface area (Å²) >= 11 is 9.03. The molecule has 2 rings (SSSR count). The van der Waals surface area contributed by atoms with Crippen LogP contribution in [0.25, 0.3) is 0 Å². The predicted molar refractivity (Wildman–Crippen MR) is 75.1 cm³/mol. The molecule has 1 aliphatic rings. The van der Waals surface area contributed by atoms with Gasteiger partial charge in [-0.25, -0.2) is 0 Å². The van der Waals surface area contributed by atoms with Gasteiger partial charge in [0.1, 0.15) is 5.75 Å². The number of alkyl halides is 1. The lowest BCUT2D eigenvalue weighted by Gasteiger charge is -2.14. The van der Waals surface area contributed by atoms with Gasteiger partial charge in [-0.3, -0.25) is 4.79 Å². The van der Waals surface area contributed by atoms with E-state index in [1.165, 1.54) is 6.07 Å². The third-order valence-electron chi connectivity index (χ3n) is 3.41. The Morgan fingerprint density at radius 2 is 2.22 bits per heavy atom. The average molecular weight is 333 g/mol. The summed E-state index contributed by atoms with van der Waals surface area (Å²) in [5, 5.41) is 12.5. The van der Waals surface area contributed by atoms with Gasteiger partial charge < -0.3 is 10.4 Å². The molecule has 18 heavy (non-hydrogen) atoms. The average Bonchev–Trinajstić information content (AvgIpc) is 3.10. The van der Waals surface area contributed by atoms with Crippen LogP contribution in [-0.2, 0) is 0 Å². The van der Waals surface area contributed by atoms with Gasteiger partial charge in [0.05, 0.1) is 5.56 Å². The molecule has 0 atom stereocenters. The highest BCUT2D eigenvalue weighted by atomic mass is 79.9. The zero-order valence-electron chi connectivity index (χ0n) is 9.88. The Balaban J connectivity index is 1.98. The van der Waals surface area contributed by atoms with Crippen LogP contribution in [0.1, 0.15) is 29.6 Å². The van der Waals surface area contributed by atoms with Crippen molar-refractivity contribution in [3.63, 3.8) is 0 Å². The first kappa shape index (κ1) is 13.7. The lowest BCUT2D eigenvalue weighted by Crippen LogP contribution is -2.30. The molecule has 0 unspecified atom stereocenters. The van der Waals surface area contributed by atoms with E-state index in [0.29, 0.717) is 18.0 Å². The first-order chi connectivity index (χ1) is 8.56. The van der Waals surface area contributed by atoms with Crippen molar-refractivity contribution in [1.82, 2.24) is 5.32 Å². The molecule has 1 aromatic rings. The smallest absolute Gasteiger partial charge is 0.255 e. The molecule has 1 fully saturated rings. The van der Waals surface area contributed by atoms with E-state index in [4.69, 9.17) is 11.6 Å². The number of aromatic hydroxyl groups is 1. The maximum Gasteiger partial charge on any atom is 0.255 e. The molecule has 3 nitrogen and oxygen atoms in total. The van der Waals surface area contributed by atoms with Gasteiger partial charge in [0.2, 0.25) is 0 Å². The van der Waals surface area contributed by atoms with Crippen LogP contribution in [0.15, 0.2) is 22.7 Å². The molecule has 1 aliphatic carbocycles. The molecule has 1 amide bonds. The Bertz CT molecular complexity index is 460. The van der Waals surface area contributed by atoms with Gasteiger partial charge in [0, 0.05) is 16.9 Å². The van der Waals surface area contributed by atoms with E-state index in [2.05, 4.69) is 21.2 Å². The molecule has 0 bridgehead atoms. The van der Waals surface area contributed by atoms with Crippen molar-refractivity contribution in [2.75, 3.05) is 12.4 Å². The van der Waals surface area contributed by atoms with Crippen molar-refractivity contribution in [3.8, 4) is 5.75 Å². The van der Waals surface area contributed by atoms with Gasteiger partial charge in [-0.1, -0.05) is 15.9 Å². The van der Waals surface area contributed by atoms with E-state index in [9.17, 15) is 9.90 Å². The summed E-state index contributed by atoms with van der Waals surface area (Å²) in [6.45, 7) is 0.629. The Labute approximate surface area is 120 Å². The Morgan fingerprint density at radius 3 is 2.83 bits per heavy atom. The van der Waals surface area contributed by atoms with Crippen LogP contribution in [0.2, 0.25) is 0 Å². The highest BCUT2D eigenvalue weighted by Crippen LogP contribution is 2.48. The topological polar surface area (TPSA) is 49.3 Å². The standard InChI is InChI=1S/C13H15BrClNO2/c14-9-1-2-11(17)10(7-9)12(18)16-8-13(3-4-13)5-6-15/h1-2,7,17H,3-6,8H2,(H,16,18). The molecular weight excluding hydrogens is 318 g/mol. The second kappa shape index (κ2) is 5.49. The van der Waals surface area contributed by atoms with E-state index in [-0.39, 0.29) is 17.1 Å². The Morgan fingerprint density at radius 1 is 1.50 bits per heavy atom. The number of rotatable bonds is 5. The van der Waals surface area contributed by atoms with Crippen molar-refractivity contribution in [1.29, 1.82) is 0 Å². The van der Waals surface area contributed by atoms with Crippen LogP contribution >= 0.6 is 27.5 Å². The molecule has 98 valence electrons. The minimum absolute atomic E-state index is 0.00195. The second-order valence-corrected chi connectivity index (χ2v) is 6.08. The minimum atomic E-state index is -0.241. The summed E-state index contributed by atoms with van der Waals surface area (Å²) in [6.07, 6.45) is 3.16. The monoisotopic (exact) mass is 331 g/mol. The highest BCUT2D eigenvalue weighted by Gasteiger charge is 2.41. The number of hydrogen-bond acceptors (Lipinski definition) is 2. The fourth-order valence-corrected chi connectivity index (χ4v) is 2.71. The summed E-state index contributed by atoms with van der Waals surface area (Å²) in [6, 6.07) is 4.82. The molecule has 5 heteroatoms. The number of carbonyl (C=O) groups is 1. The van der Waals surface area contributed by atoms with Crippen LogP contribution in [0.4, 0.5) is 0 Å². The number of carbonyl (C=O) groups excluding carboxylic acids is 1. The first-order valence-electron chi connectivity index (χ1n) is 5.89. The quantitative estimate of drug-likeness (QED) is 0.813. The van der Waals surface area contributed by atoms with Gasteiger partial charge >= 0.3 is 0 Å². The van der Waals surface area contributed by atoms with E-state index < -0.39 is 0 Å². The first-order valence-corrected chi connectivity index (χ1v) is 7.22. The molecule has 0 heterocycles. The van der Waals surface area contributed by atoms with Crippen LogP contribution in [0.5, 0.6) is 5.75 Å². The van der Waals surface area contributed by atoms with Gasteiger partial charge in [-0.2, -0.15) is 0 Å². The molecule has 0 saturated heterocycles. The van der Waals surface area contributed by atoms with Crippen molar-refractivity contribution < 1.29 is 9.90 Å². The molecule has 0 radical (unpaired) electrons. The van der Waals surface area contributed by atoms with Crippen LogP contribution in [0.3, 0.4) is 0 Å². The number of benzene rings is 1. The maximum atomic E-state index is 12.0. The van der Waals surface area contributed by atoms with Crippen molar-refractivity contribution in [3.05, 3.63) is 28.2 Å². The number of phenolic OH excluding ortho intramolecular Hbond substituents is 1. The maximum absolute atomic E-state index is 12.0. The summed E-state index contributed by atoms with van der Waals surface area (Å²) in [4.78, 5) is 12.0. The summed E-state index contributed by atoms with van der Waals surface area (Å²) < 4.78 is 0.771. The molecular formula is C13H15BrClNO2. The predicted octanol–water partition coefficient (Wildman–Crippen LogP) is 3.29. The summed E-state index contributed by atoms with van der Waals surface area (Å²) in [5.74, 6) is 0.380. The van der Waals surface area contributed by atoms with E-state index in [1.807, 2.05) is 0 Å². The van der Waals surface area contributed by atoms with Crippen molar-refractivity contribution in [2.24, 2.45) is 5.41 Å². The number of nitrogens with one attached hydrogen (secondary N) is 1. The summed E-state index contributed by atoms with van der Waals surface area (Å²) in [7, 11) is 0. The van der Waals surface area contributed by atoms with Gasteiger partial charge in [0.25, 0.3) is 5.91 Å². The lowest BCUT2D eigenvalue weighted by atomic mass is 10.0. The van der Waals surface area contributed by atoms with Crippen LogP contribution < -0.4 is 5.32 Å². The third-order valence-corrected chi connectivity index (χ3v) is 4.09. The fourth-order valence-electron chi connectivity index (χ4n) is 1.95. The highest BCUT2D eigenvalue weighted by molar-refractivity contribution is 9.10. The van der Waals surface area contributed by atoms with Crippen LogP contribution in [-0.4, -0.2) is 23.4 Å². The van der Waals surface area contributed by atoms with Crippen LogP contribution in [0, 0.1) is 5.41 Å². The molecule has 2 N–H and O–H groups in total. The fraction of sp³-hybridized carbons (Fsp3) is 0.462. The normalized spacial score (nSPS) is 16.3. The molecule has 0 aromatic heterocycles. The largest absolute Gasteiger partial charge is 0.507 e. The van der Waals surface area contributed by atoms with Gasteiger partial charge in [-0.05, 0) is 42.9 Å². The molecule has 1 saturated carbocycles. The second-order valence-electron chi connectivity index (χ2n) is 4.78. The number of halogens is 2. The third kappa shape index (κ3) is 3.18. The molecule has 0 aliphatic heterocycles. The van der Waals surface area contributed by atoms with E-state index in [1.54, 1.807) is 12.1 Å². The van der Waals surface area contributed by atoms with Gasteiger partial charge in [-0.15, -0.1) is 11.6 Å². The SMILES string of the molecule is O=C(NCC1(CCCl)CC1)c1cc(Br)ccc1O. The number of amides is 1. The van der Waals surface area contributed by atoms with E-state index in [0.717, 1.165) is 23.7 Å². The van der Waals surface area contributed by atoms with Gasteiger partial charge in [0.15, 0.2) is 0 Å². The molecule has 0 spiro atoms. The zero-order valence-corrected chi connectivity index (χ0v) is 12.2. The zero-order chi connectivity index (χ0) is 13.2. The number of phenols is 1. The van der Waals surface area contributed by atoms with Crippen molar-refractivity contribution >= 4 is 33.4 Å². The molecule has 1 aromatic carbocycles. The Kier molecular flexibility index (Phi) is 4.17. The summed E-state index contributed by atoms with van der Waals surface area (Å²) in [5.41, 5.74) is 0.491. The lowest BCUT2D eigenvalue weighted by molar-refractivity contribution is 0.0941. The Hall–Kier alpha value is -0.740.